The molecule has 26 heavy (non-hydrogen) atoms. The quantitative estimate of drug-likeness (QED) is 0.566. The lowest BCUT2D eigenvalue weighted by molar-refractivity contribution is -0.116. The number of para-hydroxylation sites is 1. The number of nitrogens with one attached hydrogen (secondary N) is 1. The van der Waals surface area contributed by atoms with Gasteiger partial charge in [-0.05, 0) is 37.3 Å². The fourth-order valence-corrected chi connectivity index (χ4v) is 2.96. The van der Waals surface area contributed by atoms with Crippen molar-refractivity contribution in [3.05, 3.63) is 65.4 Å². The van der Waals surface area contributed by atoms with Gasteiger partial charge in [-0.1, -0.05) is 18.2 Å². The number of hydrogen-bond acceptors (Lipinski definition) is 4. The van der Waals surface area contributed by atoms with E-state index >= 15 is 0 Å². The number of benzene rings is 2. The molecule has 0 aliphatic carbocycles. The van der Waals surface area contributed by atoms with E-state index in [1.165, 1.54) is 7.11 Å². The summed E-state index contributed by atoms with van der Waals surface area (Å²) < 4.78 is 6.46. The molecule has 0 unspecified atom stereocenters. The summed E-state index contributed by atoms with van der Waals surface area (Å²) in [5.41, 5.74) is 3.16. The minimum Gasteiger partial charge on any atom is -0.465 e. The van der Waals surface area contributed by atoms with Crippen LogP contribution in [0, 0.1) is 6.92 Å². The third-order valence-corrected chi connectivity index (χ3v) is 4.29. The van der Waals surface area contributed by atoms with Crippen molar-refractivity contribution in [2.45, 2.75) is 13.5 Å². The highest BCUT2D eigenvalue weighted by Crippen LogP contribution is 2.24. The molecule has 0 saturated carbocycles. The zero-order chi connectivity index (χ0) is 18.7. The molecule has 0 saturated heterocycles. The Morgan fingerprint density at radius 2 is 1.81 bits per heavy atom. The van der Waals surface area contributed by atoms with Crippen LogP contribution in [0.4, 0.5) is 5.69 Å². The minimum atomic E-state index is -0.432. The maximum absolute atomic E-state index is 12.4. The molecule has 2 aromatic carbocycles. The predicted molar refractivity (Wildman–Crippen MR) is 98.5 cm³/mol. The first kappa shape index (κ1) is 17.4. The van der Waals surface area contributed by atoms with Crippen LogP contribution in [0.2, 0.25) is 0 Å². The second kappa shape index (κ2) is 7.23. The molecule has 1 aromatic heterocycles. The first-order valence-electron chi connectivity index (χ1n) is 8.06. The SMILES string of the molecule is COC(=O)c1ccc(NC(=O)Cn2c(C)c(C=O)c3ccccc32)cc1. The van der Waals surface area contributed by atoms with Gasteiger partial charge < -0.3 is 14.6 Å². The summed E-state index contributed by atoms with van der Waals surface area (Å²) in [6.45, 7) is 1.90. The van der Waals surface area contributed by atoms with Gasteiger partial charge >= 0.3 is 5.97 Å². The molecular formula is C20H18N2O4. The Labute approximate surface area is 150 Å². The van der Waals surface area contributed by atoms with Crippen LogP contribution < -0.4 is 5.32 Å². The third-order valence-electron chi connectivity index (χ3n) is 4.29. The fourth-order valence-electron chi connectivity index (χ4n) is 2.96. The number of aromatic nitrogens is 1. The third kappa shape index (κ3) is 3.21. The van der Waals surface area contributed by atoms with Gasteiger partial charge in [0.1, 0.15) is 6.54 Å². The molecule has 6 heteroatoms. The minimum absolute atomic E-state index is 0.0823. The number of esters is 1. The molecule has 3 aromatic rings. The van der Waals surface area contributed by atoms with Gasteiger partial charge in [0.05, 0.1) is 12.7 Å². The predicted octanol–water partition coefficient (Wildman–Crippen LogP) is 3.19. The number of ether oxygens (including phenoxy) is 1. The van der Waals surface area contributed by atoms with Crippen LogP contribution in [-0.4, -0.2) is 29.8 Å². The van der Waals surface area contributed by atoms with Gasteiger partial charge in [0.25, 0.3) is 0 Å². The zero-order valence-electron chi connectivity index (χ0n) is 14.5. The van der Waals surface area contributed by atoms with Gasteiger partial charge in [-0.3, -0.25) is 9.59 Å². The van der Waals surface area contributed by atoms with Gasteiger partial charge in [0.15, 0.2) is 6.29 Å². The average Bonchev–Trinajstić information content (AvgIpc) is 2.93. The van der Waals surface area contributed by atoms with Crippen LogP contribution in [-0.2, 0) is 16.1 Å². The largest absolute Gasteiger partial charge is 0.465 e. The number of anilines is 1. The molecule has 0 bridgehead atoms. The standard InChI is InChI=1S/C20H18N2O4/c1-13-17(12-23)16-5-3-4-6-18(16)22(13)11-19(24)21-15-9-7-14(8-10-15)20(25)26-2/h3-10,12H,11H2,1-2H3,(H,21,24). The van der Waals surface area contributed by atoms with Crippen molar-refractivity contribution in [1.29, 1.82) is 0 Å². The lowest BCUT2D eigenvalue weighted by Crippen LogP contribution is -2.19. The highest BCUT2D eigenvalue weighted by molar-refractivity contribution is 6.00. The number of methoxy groups -OCH3 is 1. The van der Waals surface area contributed by atoms with E-state index in [1.54, 1.807) is 24.3 Å². The molecule has 0 fully saturated rings. The summed E-state index contributed by atoms with van der Waals surface area (Å²) in [4.78, 5) is 35.3. The number of rotatable bonds is 5. The fraction of sp³-hybridized carbons (Fsp3) is 0.150. The molecule has 1 N–H and O–H groups in total. The number of hydrogen-bond donors (Lipinski definition) is 1. The zero-order valence-corrected chi connectivity index (χ0v) is 14.5. The maximum atomic E-state index is 12.4. The number of nitrogens with zero attached hydrogens (tertiary/aromatic N) is 1. The van der Waals surface area contributed by atoms with Crippen molar-refractivity contribution in [3.8, 4) is 0 Å². The van der Waals surface area contributed by atoms with Crippen molar-refractivity contribution in [2.75, 3.05) is 12.4 Å². The molecule has 0 atom stereocenters. The van der Waals surface area contributed by atoms with Gasteiger partial charge in [-0.15, -0.1) is 0 Å². The van der Waals surface area contributed by atoms with Crippen LogP contribution in [0.25, 0.3) is 10.9 Å². The molecule has 132 valence electrons. The van der Waals surface area contributed by atoms with Crippen LogP contribution in [0.3, 0.4) is 0 Å². The number of carbonyl (C=O) groups excluding carboxylic acids is 3. The van der Waals surface area contributed by atoms with Gasteiger partial charge in [-0.25, -0.2) is 4.79 Å². The first-order valence-corrected chi connectivity index (χ1v) is 8.06. The Morgan fingerprint density at radius 3 is 2.46 bits per heavy atom. The Balaban J connectivity index is 1.81. The Kier molecular flexibility index (Phi) is 4.84. The monoisotopic (exact) mass is 350 g/mol. The molecule has 3 rings (SSSR count). The average molecular weight is 350 g/mol. The topological polar surface area (TPSA) is 77.4 Å². The Morgan fingerprint density at radius 1 is 1.12 bits per heavy atom. The van der Waals surface area contributed by atoms with Crippen LogP contribution in [0.1, 0.15) is 26.4 Å². The van der Waals surface area contributed by atoms with Crippen molar-refractivity contribution in [3.63, 3.8) is 0 Å². The van der Waals surface area contributed by atoms with Crippen molar-refractivity contribution < 1.29 is 19.1 Å². The normalized spacial score (nSPS) is 10.5. The molecule has 6 nitrogen and oxygen atoms in total. The number of fused-ring (bicyclic) bond motifs is 1. The van der Waals surface area contributed by atoms with Crippen molar-refractivity contribution in [2.24, 2.45) is 0 Å². The van der Waals surface area contributed by atoms with E-state index in [-0.39, 0.29) is 12.5 Å². The van der Waals surface area contributed by atoms with Crippen molar-refractivity contribution in [1.82, 2.24) is 4.57 Å². The number of carbonyl (C=O) groups is 3. The summed E-state index contributed by atoms with van der Waals surface area (Å²) in [5, 5.41) is 3.62. The summed E-state index contributed by atoms with van der Waals surface area (Å²) >= 11 is 0. The molecular weight excluding hydrogens is 332 g/mol. The number of aldehydes is 1. The maximum Gasteiger partial charge on any atom is 0.337 e. The van der Waals surface area contributed by atoms with Gasteiger partial charge in [0.2, 0.25) is 5.91 Å². The van der Waals surface area contributed by atoms with Crippen LogP contribution >= 0.6 is 0 Å². The highest BCUT2D eigenvalue weighted by atomic mass is 16.5. The van der Waals surface area contributed by atoms with E-state index < -0.39 is 5.97 Å². The second-order valence-electron chi connectivity index (χ2n) is 5.84. The van der Waals surface area contributed by atoms with E-state index in [9.17, 15) is 14.4 Å². The van der Waals surface area contributed by atoms with Gasteiger partial charge in [-0.2, -0.15) is 0 Å². The van der Waals surface area contributed by atoms with E-state index in [2.05, 4.69) is 10.1 Å². The van der Waals surface area contributed by atoms with E-state index in [4.69, 9.17) is 0 Å². The first-order chi connectivity index (χ1) is 12.5. The van der Waals surface area contributed by atoms with E-state index in [0.29, 0.717) is 16.8 Å². The molecule has 1 amide bonds. The summed E-state index contributed by atoms with van der Waals surface area (Å²) in [6.07, 6.45) is 0.817. The lowest BCUT2D eigenvalue weighted by Gasteiger charge is -2.10. The Hall–Kier alpha value is -3.41. The van der Waals surface area contributed by atoms with Crippen LogP contribution in [0.15, 0.2) is 48.5 Å². The molecule has 0 spiro atoms. The summed E-state index contributed by atoms with van der Waals surface area (Å²) in [6, 6.07) is 13.9. The van der Waals surface area contributed by atoms with E-state index in [1.807, 2.05) is 35.8 Å². The lowest BCUT2D eigenvalue weighted by atomic mass is 10.1. The number of amides is 1. The Bertz CT molecular complexity index is 987. The highest BCUT2D eigenvalue weighted by Gasteiger charge is 2.15. The second-order valence-corrected chi connectivity index (χ2v) is 5.84. The summed E-state index contributed by atoms with van der Waals surface area (Å²) in [7, 11) is 1.31. The molecule has 0 aliphatic rings. The summed E-state index contributed by atoms with van der Waals surface area (Å²) in [5.74, 6) is -0.657. The van der Waals surface area contributed by atoms with Crippen molar-refractivity contribution >= 4 is 34.8 Å². The van der Waals surface area contributed by atoms with E-state index in [0.717, 1.165) is 22.9 Å². The molecule has 0 radical (unpaired) electrons. The molecule has 1 heterocycles. The van der Waals surface area contributed by atoms with Crippen LogP contribution in [0.5, 0.6) is 0 Å². The smallest absolute Gasteiger partial charge is 0.337 e. The van der Waals surface area contributed by atoms with Gasteiger partial charge in [0, 0.05) is 27.8 Å². The molecule has 0 aliphatic heterocycles.